The van der Waals surface area contributed by atoms with Gasteiger partial charge in [0.15, 0.2) is 0 Å². The highest BCUT2D eigenvalue weighted by atomic mass is 16.5. The van der Waals surface area contributed by atoms with Crippen LogP contribution < -0.4 is 0 Å². The van der Waals surface area contributed by atoms with E-state index in [2.05, 4.69) is 13.0 Å². The Hall–Kier alpha value is -1.57. The van der Waals surface area contributed by atoms with Gasteiger partial charge in [0.2, 0.25) is 0 Å². The van der Waals surface area contributed by atoms with E-state index in [-0.39, 0.29) is 17.8 Å². The summed E-state index contributed by atoms with van der Waals surface area (Å²) in [4.78, 5) is 12.1. The fourth-order valence-corrected chi connectivity index (χ4v) is 2.80. The second kappa shape index (κ2) is 5.85. The van der Waals surface area contributed by atoms with Crippen molar-refractivity contribution in [1.29, 1.82) is 0 Å². The van der Waals surface area contributed by atoms with Gasteiger partial charge in [0.1, 0.15) is 0 Å². The van der Waals surface area contributed by atoms with E-state index in [4.69, 9.17) is 4.74 Å². The molecule has 96 valence electrons. The lowest BCUT2D eigenvalue weighted by atomic mass is 9.76. The number of hydrogen-bond donors (Lipinski definition) is 0. The Morgan fingerprint density at radius 3 is 2.67 bits per heavy atom. The highest BCUT2D eigenvalue weighted by molar-refractivity contribution is 5.79. The van der Waals surface area contributed by atoms with E-state index in [1.807, 2.05) is 30.3 Å². The maximum atomic E-state index is 12.1. The van der Waals surface area contributed by atoms with Crippen LogP contribution in [0, 0.1) is 5.92 Å². The van der Waals surface area contributed by atoms with E-state index in [0.29, 0.717) is 0 Å². The predicted molar refractivity (Wildman–Crippen MR) is 72.3 cm³/mol. The van der Waals surface area contributed by atoms with Crippen molar-refractivity contribution in [3.63, 3.8) is 0 Å². The zero-order chi connectivity index (χ0) is 13.0. The van der Waals surface area contributed by atoms with Crippen LogP contribution in [0.5, 0.6) is 0 Å². The van der Waals surface area contributed by atoms with E-state index in [1.165, 1.54) is 12.7 Å². The first kappa shape index (κ1) is 12.9. The van der Waals surface area contributed by atoms with Gasteiger partial charge in [0, 0.05) is 0 Å². The number of rotatable bonds is 3. The van der Waals surface area contributed by atoms with Crippen molar-refractivity contribution in [2.45, 2.75) is 32.1 Å². The zero-order valence-electron chi connectivity index (χ0n) is 11.1. The largest absolute Gasteiger partial charge is 0.469 e. The zero-order valence-corrected chi connectivity index (χ0v) is 11.1. The quantitative estimate of drug-likeness (QED) is 0.598. The number of benzene rings is 1. The van der Waals surface area contributed by atoms with Crippen molar-refractivity contribution in [1.82, 2.24) is 0 Å². The Morgan fingerprint density at radius 2 is 2.06 bits per heavy atom. The molecular formula is C16H20O2. The van der Waals surface area contributed by atoms with Crippen LogP contribution in [-0.2, 0) is 9.53 Å². The number of allylic oxidation sites excluding steroid dienone is 2. The molecule has 0 bridgehead atoms. The molecule has 0 spiro atoms. The SMILES string of the molecule is COC(=O)C(c1ccccc1)C1CCCC=C1C. The molecule has 0 aromatic heterocycles. The molecule has 1 aromatic carbocycles. The molecule has 2 unspecified atom stereocenters. The summed E-state index contributed by atoms with van der Waals surface area (Å²) in [6, 6.07) is 9.97. The molecule has 2 heteroatoms. The standard InChI is InChI=1S/C16H20O2/c1-12-8-6-7-11-14(12)15(16(17)18-2)13-9-4-3-5-10-13/h3-5,8-10,14-15H,6-7,11H2,1-2H3. The molecule has 0 N–H and O–H groups in total. The van der Waals surface area contributed by atoms with Gasteiger partial charge in [-0.15, -0.1) is 0 Å². The van der Waals surface area contributed by atoms with Crippen LogP contribution in [-0.4, -0.2) is 13.1 Å². The van der Waals surface area contributed by atoms with Crippen molar-refractivity contribution in [3.05, 3.63) is 47.5 Å². The van der Waals surface area contributed by atoms with Gasteiger partial charge in [0.25, 0.3) is 0 Å². The van der Waals surface area contributed by atoms with Gasteiger partial charge < -0.3 is 4.74 Å². The van der Waals surface area contributed by atoms with Gasteiger partial charge in [-0.05, 0) is 37.7 Å². The molecule has 0 radical (unpaired) electrons. The Balaban J connectivity index is 2.34. The molecular weight excluding hydrogens is 224 g/mol. The smallest absolute Gasteiger partial charge is 0.313 e. The van der Waals surface area contributed by atoms with Crippen LogP contribution in [0.3, 0.4) is 0 Å². The summed E-state index contributed by atoms with van der Waals surface area (Å²) in [5.41, 5.74) is 2.38. The third-order valence-electron chi connectivity index (χ3n) is 3.79. The molecule has 1 aliphatic rings. The maximum Gasteiger partial charge on any atom is 0.313 e. The first-order valence-electron chi connectivity index (χ1n) is 6.53. The number of esters is 1. The number of ether oxygens (including phenoxy) is 1. The lowest BCUT2D eigenvalue weighted by Crippen LogP contribution is -2.25. The number of carbonyl (C=O) groups is 1. The van der Waals surface area contributed by atoms with Crippen molar-refractivity contribution in [2.24, 2.45) is 5.92 Å². The van der Waals surface area contributed by atoms with Gasteiger partial charge in [0.05, 0.1) is 13.0 Å². The van der Waals surface area contributed by atoms with Crippen LogP contribution >= 0.6 is 0 Å². The van der Waals surface area contributed by atoms with Gasteiger partial charge in [-0.1, -0.05) is 42.0 Å². The molecule has 0 fully saturated rings. The number of methoxy groups -OCH3 is 1. The monoisotopic (exact) mass is 244 g/mol. The molecule has 2 atom stereocenters. The number of carbonyl (C=O) groups excluding carboxylic acids is 1. The van der Waals surface area contributed by atoms with Gasteiger partial charge >= 0.3 is 5.97 Å². The molecule has 0 heterocycles. The topological polar surface area (TPSA) is 26.3 Å². The molecule has 0 saturated carbocycles. The van der Waals surface area contributed by atoms with E-state index < -0.39 is 0 Å². The maximum absolute atomic E-state index is 12.1. The Bertz CT molecular complexity index is 434. The van der Waals surface area contributed by atoms with Crippen molar-refractivity contribution >= 4 is 5.97 Å². The van der Waals surface area contributed by atoms with E-state index in [1.54, 1.807) is 0 Å². The first-order chi connectivity index (χ1) is 8.74. The van der Waals surface area contributed by atoms with E-state index >= 15 is 0 Å². The summed E-state index contributed by atoms with van der Waals surface area (Å²) in [6.07, 6.45) is 5.61. The molecule has 2 rings (SSSR count). The van der Waals surface area contributed by atoms with E-state index in [9.17, 15) is 4.79 Å². The fraction of sp³-hybridized carbons (Fsp3) is 0.438. The van der Waals surface area contributed by atoms with Crippen LogP contribution in [0.2, 0.25) is 0 Å². The van der Waals surface area contributed by atoms with Crippen molar-refractivity contribution in [2.75, 3.05) is 7.11 Å². The predicted octanol–water partition coefficient (Wildman–Crippen LogP) is 3.69. The lowest BCUT2D eigenvalue weighted by molar-refractivity contribution is -0.143. The van der Waals surface area contributed by atoms with Crippen molar-refractivity contribution in [3.8, 4) is 0 Å². The average Bonchev–Trinajstić information content (AvgIpc) is 2.42. The highest BCUT2D eigenvalue weighted by Crippen LogP contribution is 2.37. The highest BCUT2D eigenvalue weighted by Gasteiger charge is 2.32. The summed E-state index contributed by atoms with van der Waals surface area (Å²) in [5, 5.41) is 0. The molecule has 1 aliphatic carbocycles. The third-order valence-corrected chi connectivity index (χ3v) is 3.79. The lowest BCUT2D eigenvalue weighted by Gasteiger charge is -2.29. The Kier molecular flexibility index (Phi) is 4.19. The van der Waals surface area contributed by atoms with Gasteiger partial charge in [-0.25, -0.2) is 0 Å². The second-order valence-corrected chi connectivity index (χ2v) is 4.90. The van der Waals surface area contributed by atoms with E-state index in [0.717, 1.165) is 24.8 Å². The summed E-state index contributed by atoms with van der Waals surface area (Å²) >= 11 is 0. The normalized spacial score (nSPS) is 21.0. The number of hydrogen-bond acceptors (Lipinski definition) is 2. The Morgan fingerprint density at radius 1 is 1.33 bits per heavy atom. The molecule has 0 saturated heterocycles. The summed E-state index contributed by atoms with van der Waals surface area (Å²) in [5.74, 6) is 0.00204. The minimum atomic E-state index is -0.159. The van der Waals surface area contributed by atoms with Gasteiger partial charge in [-0.3, -0.25) is 4.79 Å². The van der Waals surface area contributed by atoms with Crippen LogP contribution in [0.4, 0.5) is 0 Å². The first-order valence-corrected chi connectivity index (χ1v) is 6.53. The van der Waals surface area contributed by atoms with Crippen LogP contribution in [0.25, 0.3) is 0 Å². The minimum absolute atomic E-state index is 0.124. The summed E-state index contributed by atoms with van der Waals surface area (Å²) in [6.45, 7) is 2.13. The Labute approximate surface area is 109 Å². The van der Waals surface area contributed by atoms with Crippen LogP contribution in [0.15, 0.2) is 42.0 Å². The van der Waals surface area contributed by atoms with Crippen LogP contribution in [0.1, 0.15) is 37.7 Å². The third kappa shape index (κ3) is 2.63. The average molecular weight is 244 g/mol. The summed E-state index contributed by atoms with van der Waals surface area (Å²) in [7, 11) is 1.47. The van der Waals surface area contributed by atoms with Gasteiger partial charge in [-0.2, -0.15) is 0 Å². The molecule has 0 aliphatic heterocycles. The summed E-state index contributed by atoms with van der Waals surface area (Å²) < 4.78 is 5.00. The minimum Gasteiger partial charge on any atom is -0.469 e. The second-order valence-electron chi connectivity index (χ2n) is 4.90. The molecule has 0 amide bonds. The molecule has 1 aromatic rings. The van der Waals surface area contributed by atoms with Crippen molar-refractivity contribution < 1.29 is 9.53 Å². The fourth-order valence-electron chi connectivity index (χ4n) is 2.80. The molecule has 2 nitrogen and oxygen atoms in total. The molecule has 18 heavy (non-hydrogen) atoms.